The molecule has 0 aromatic heterocycles. The van der Waals surface area contributed by atoms with Crippen LogP contribution in [-0.4, -0.2) is 19.2 Å². The molecule has 1 fully saturated rings. The molecule has 2 heteroatoms. The monoisotopic (exact) mass is 289 g/mol. The Morgan fingerprint density at radius 3 is 2.24 bits per heavy atom. The first-order chi connectivity index (χ1) is 9.97. The van der Waals surface area contributed by atoms with Crippen LogP contribution in [0.25, 0.3) is 0 Å². The predicted molar refractivity (Wildman–Crippen MR) is 90.0 cm³/mol. The summed E-state index contributed by atoms with van der Waals surface area (Å²) in [5, 5.41) is 3.65. The van der Waals surface area contributed by atoms with Gasteiger partial charge in [0.25, 0.3) is 0 Å². The second kappa shape index (κ2) is 6.83. The zero-order valence-corrected chi connectivity index (χ0v) is 14.3. The number of ether oxygens (including phenoxy) is 1. The van der Waals surface area contributed by atoms with Gasteiger partial charge in [-0.2, -0.15) is 0 Å². The lowest BCUT2D eigenvalue weighted by Gasteiger charge is -2.50. The van der Waals surface area contributed by atoms with Crippen LogP contribution in [0.2, 0.25) is 0 Å². The number of rotatable bonds is 7. The van der Waals surface area contributed by atoms with E-state index in [0.29, 0.717) is 11.5 Å². The van der Waals surface area contributed by atoms with E-state index >= 15 is 0 Å². The third-order valence-corrected chi connectivity index (χ3v) is 4.88. The highest BCUT2D eigenvalue weighted by molar-refractivity contribution is 5.35. The molecule has 0 bridgehead atoms. The summed E-state index contributed by atoms with van der Waals surface area (Å²) in [6.07, 6.45) is 2.61. The molecular formula is C19H31NO. The van der Waals surface area contributed by atoms with E-state index in [9.17, 15) is 0 Å². The van der Waals surface area contributed by atoms with Crippen LogP contribution in [0.15, 0.2) is 24.3 Å². The standard InChI is InChI=1S/C19H31NO/c1-6-21-18-9-7-17(8-10-18)19(13-20-15(4)5)11-16(12-19)14(2)3/h7-10,14-16,20H,6,11-13H2,1-5H3. The summed E-state index contributed by atoms with van der Waals surface area (Å²) < 4.78 is 5.57. The van der Waals surface area contributed by atoms with Crippen molar-refractivity contribution in [2.45, 2.75) is 58.9 Å². The predicted octanol–water partition coefficient (Wildman–Crippen LogP) is 4.39. The Kier molecular flexibility index (Phi) is 5.32. The van der Waals surface area contributed by atoms with Crippen LogP contribution >= 0.6 is 0 Å². The lowest BCUT2D eigenvalue weighted by atomic mass is 9.56. The highest BCUT2D eigenvalue weighted by Crippen LogP contribution is 2.50. The summed E-state index contributed by atoms with van der Waals surface area (Å²) in [4.78, 5) is 0. The lowest BCUT2D eigenvalue weighted by Crippen LogP contribution is -2.51. The molecular weight excluding hydrogens is 258 g/mol. The largest absolute Gasteiger partial charge is 0.494 e. The second-order valence-corrected chi connectivity index (χ2v) is 7.19. The van der Waals surface area contributed by atoms with Gasteiger partial charge in [0, 0.05) is 18.0 Å². The average Bonchev–Trinajstić information content (AvgIpc) is 2.38. The Balaban J connectivity index is 2.12. The molecule has 2 rings (SSSR count). The number of hydrogen-bond acceptors (Lipinski definition) is 2. The van der Waals surface area contributed by atoms with Crippen LogP contribution in [0.1, 0.15) is 53.0 Å². The van der Waals surface area contributed by atoms with E-state index in [1.54, 1.807) is 0 Å². The summed E-state index contributed by atoms with van der Waals surface area (Å²) in [6, 6.07) is 9.33. The van der Waals surface area contributed by atoms with E-state index in [2.05, 4.69) is 57.3 Å². The third-order valence-electron chi connectivity index (χ3n) is 4.88. The molecule has 1 aromatic carbocycles. The highest BCUT2D eigenvalue weighted by atomic mass is 16.5. The van der Waals surface area contributed by atoms with Gasteiger partial charge in [-0.3, -0.25) is 0 Å². The van der Waals surface area contributed by atoms with Crippen LogP contribution < -0.4 is 10.1 Å². The van der Waals surface area contributed by atoms with Gasteiger partial charge in [-0.15, -0.1) is 0 Å². The second-order valence-electron chi connectivity index (χ2n) is 7.19. The summed E-state index contributed by atoms with van der Waals surface area (Å²) in [5.41, 5.74) is 1.79. The van der Waals surface area contributed by atoms with E-state index in [1.165, 1.54) is 18.4 Å². The summed E-state index contributed by atoms with van der Waals surface area (Å²) in [5.74, 6) is 2.64. The molecule has 0 saturated heterocycles. The zero-order chi connectivity index (χ0) is 15.5. The molecule has 0 radical (unpaired) electrons. The maximum absolute atomic E-state index is 5.57. The third kappa shape index (κ3) is 3.79. The molecule has 1 aliphatic rings. The van der Waals surface area contributed by atoms with Crippen LogP contribution in [-0.2, 0) is 5.41 Å². The van der Waals surface area contributed by atoms with E-state index in [-0.39, 0.29) is 0 Å². The summed E-state index contributed by atoms with van der Waals surface area (Å²) >= 11 is 0. The number of hydrogen-bond donors (Lipinski definition) is 1. The molecule has 1 N–H and O–H groups in total. The van der Waals surface area contributed by atoms with Crippen molar-refractivity contribution in [2.24, 2.45) is 11.8 Å². The number of nitrogens with one attached hydrogen (secondary N) is 1. The molecule has 0 heterocycles. The molecule has 0 unspecified atom stereocenters. The fourth-order valence-electron chi connectivity index (χ4n) is 3.37. The quantitative estimate of drug-likeness (QED) is 0.804. The van der Waals surface area contributed by atoms with Crippen molar-refractivity contribution in [3.63, 3.8) is 0 Å². The minimum absolute atomic E-state index is 0.323. The molecule has 1 aromatic rings. The molecule has 0 spiro atoms. The van der Waals surface area contributed by atoms with E-state index in [0.717, 1.165) is 30.7 Å². The van der Waals surface area contributed by atoms with Crippen molar-refractivity contribution in [1.82, 2.24) is 5.32 Å². The van der Waals surface area contributed by atoms with Gasteiger partial charge >= 0.3 is 0 Å². The first kappa shape index (κ1) is 16.4. The van der Waals surface area contributed by atoms with Gasteiger partial charge in [0.05, 0.1) is 6.61 Å². The van der Waals surface area contributed by atoms with Gasteiger partial charge in [0.2, 0.25) is 0 Å². The van der Waals surface area contributed by atoms with Gasteiger partial charge in [-0.1, -0.05) is 39.8 Å². The minimum Gasteiger partial charge on any atom is -0.494 e. The normalized spacial score (nSPS) is 25.2. The van der Waals surface area contributed by atoms with Crippen molar-refractivity contribution in [2.75, 3.05) is 13.2 Å². The minimum atomic E-state index is 0.323. The van der Waals surface area contributed by atoms with Gasteiger partial charge in [-0.05, 0) is 49.3 Å². The molecule has 21 heavy (non-hydrogen) atoms. The van der Waals surface area contributed by atoms with E-state index < -0.39 is 0 Å². The average molecular weight is 289 g/mol. The molecule has 1 aliphatic carbocycles. The Bertz CT molecular complexity index is 424. The van der Waals surface area contributed by atoms with Crippen molar-refractivity contribution in [3.05, 3.63) is 29.8 Å². The van der Waals surface area contributed by atoms with Crippen LogP contribution in [0.4, 0.5) is 0 Å². The smallest absolute Gasteiger partial charge is 0.119 e. The van der Waals surface area contributed by atoms with Gasteiger partial charge in [-0.25, -0.2) is 0 Å². The first-order valence-electron chi connectivity index (χ1n) is 8.43. The van der Waals surface area contributed by atoms with Gasteiger partial charge < -0.3 is 10.1 Å². The van der Waals surface area contributed by atoms with Gasteiger partial charge in [0.15, 0.2) is 0 Å². The Morgan fingerprint density at radius 2 is 1.76 bits per heavy atom. The SMILES string of the molecule is CCOc1ccc(C2(CNC(C)C)CC(C(C)C)C2)cc1. The van der Waals surface area contributed by atoms with Crippen molar-refractivity contribution < 1.29 is 4.74 Å². The Labute approximate surface area is 130 Å². The summed E-state index contributed by atoms with van der Waals surface area (Å²) in [7, 11) is 0. The maximum atomic E-state index is 5.57. The van der Waals surface area contributed by atoms with Crippen molar-refractivity contribution in [1.29, 1.82) is 0 Å². The van der Waals surface area contributed by atoms with Gasteiger partial charge in [0.1, 0.15) is 5.75 Å². The van der Waals surface area contributed by atoms with Crippen molar-refractivity contribution >= 4 is 0 Å². The maximum Gasteiger partial charge on any atom is 0.119 e. The summed E-state index contributed by atoms with van der Waals surface area (Å²) in [6.45, 7) is 13.0. The zero-order valence-electron chi connectivity index (χ0n) is 14.3. The van der Waals surface area contributed by atoms with E-state index in [1.807, 2.05) is 6.92 Å². The molecule has 0 atom stereocenters. The number of benzene rings is 1. The molecule has 118 valence electrons. The lowest BCUT2D eigenvalue weighted by molar-refractivity contribution is 0.0958. The fourth-order valence-corrected chi connectivity index (χ4v) is 3.37. The van der Waals surface area contributed by atoms with E-state index in [4.69, 9.17) is 4.74 Å². The van der Waals surface area contributed by atoms with Crippen molar-refractivity contribution in [3.8, 4) is 5.75 Å². The Morgan fingerprint density at radius 1 is 1.14 bits per heavy atom. The Hall–Kier alpha value is -1.02. The first-order valence-corrected chi connectivity index (χ1v) is 8.43. The topological polar surface area (TPSA) is 21.3 Å². The molecule has 0 amide bonds. The molecule has 1 saturated carbocycles. The fraction of sp³-hybridized carbons (Fsp3) is 0.684. The highest BCUT2D eigenvalue weighted by Gasteiger charge is 2.46. The van der Waals surface area contributed by atoms with Crippen LogP contribution in [0.3, 0.4) is 0 Å². The molecule has 0 aliphatic heterocycles. The van der Waals surface area contributed by atoms with Crippen LogP contribution in [0.5, 0.6) is 5.75 Å². The van der Waals surface area contributed by atoms with Crippen LogP contribution in [0, 0.1) is 11.8 Å². The molecule has 2 nitrogen and oxygen atoms in total.